The molecular formula is C8H12N2O4S. The van der Waals surface area contributed by atoms with Crippen LogP contribution in [0.2, 0.25) is 0 Å². The quantitative estimate of drug-likeness (QED) is 0.542. The van der Waals surface area contributed by atoms with Gasteiger partial charge in [0, 0.05) is 0 Å². The first kappa shape index (κ1) is 11.9. The van der Waals surface area contributed by atoms with E-state index in [1.54, 1.807) is 0 Å². The fraction of sp³-hybridized carbons (Fsp3) is 0.375. The predicted molar refractivity (Wildman–Crippen MR) is 54.3 cm³/mol. The minimum Gasteiger partial charge on any atom is -0.481 e. The van der Waals surface area contributed by atoms with Crippen molar-refractivity contribution in [3.63, 3.8) is 0 Å². The number of hydrogen-bond donors (Lipinski definition) is 3. The molecular weight excluding hydrogens is 220 g/mol. The lowest BCUT2D eigenvalue weighted by Gasteiger charge is -2.32. The van der Waals surface area contributed by atoms with E-state index in [9.17, 15) is 13.2 Å². The molecule has 1 aliphatic carbocycles. The van der Waals surface area contributed by atoms with Gasteiger partial charge in [0.2, 0.25) is 10.0 Å². The summed E-state index contributed by atoms with van der Waals surface area (Å²) in [7, 11) is -3.57. The number of carbonyl (C=O) groups is 1. The molecule has 0 fully saturated rings. The van der Waals surface area contributed by atoms with Gasteiger partial charge in [-0.1, -0.05) is 18.2 Å². The zero-order chi connectivity index (χ0) is 11.7. The Morgan fingerprint density at radius 2 is 2.13 bits per heavy atom. The number of aliphatic carboxylic acids is 1. The number of allylic oxidation sites excluding steroid dienone is 2. The molecule has 0 aromatic carbocycles. The largest absolute Gasteiger partial charge is 0.481 e. The minimum absolute atomic E-state index is 0.923. The lowest BCUT2D eigenvalue weighted by molar-refractivity contribution is -0.141. The van der Waals surface area contributed by atoms with Crippen LogP contribution in [0.4, 0.5) is 0 Å². The summed E-state index contributed by atoms with van der Waals surface area (Å²) in [5.41, 5.74) is 4.08. The van der Waals surface area contributed by atoms with Gasteiger partial charge in [0.15, 0.2) is 0 Å². The van der Waals surface area contributed by atoms with Gasteiger partial charge in [-0.2, -0.15) is 4.72 Å². The lowest BCUT2D eigenvalue weighted by atomic mass is 9.90. The van der Waals surface area contributed by atoms with Crippen molar-refractivity contribution in [1.29, 1.82) is 0 Å². The number of carboxylic acid groups (broad SMARTS) is 1. The Morgan fingerprint density at radius 3 is 2.60 bits per heavy atom. The number of sulfonamides is 1. The van der Waals surface area contributed by atoms with Crippen LogP contribution in [0.25, 0.3) is 0 Å². The van der Waals surface area contributed by atoms with Gasteiger partial charge >= 0.3 is 5.97 Å². The van der Waals surface area contributed by atoms with E-state index in [0.717, 1.165) is 6.26 Å². The van der Waals surface area contributed by atoms with Gasteiger partial charge in [0.25, 0.3) is 0 Å². The third-order valence-corrected chi connectivity index (χ3v) is 2.65. The highest BCUT2D eigenvalue weighted by Crippen LogP contribution is 2.20. The molecule has 0 radical (unpaired) electrons. The zero-order valence-electron chi connectivity index (χ0n) is 8.04. The van der Waals surface area contributed by atoms with Crippen molar-refractivity contribution in [2.45, 2.75) is 5.66 Å². The molecule has 0 spiro atoms. The molecule has 0 aliphatic heterocycles. The molecule has 0 saturated carbocycles. The number of rotatable bonds is 3. The van der Waals surface area contributed by atoms with Crippen molar-refractivity contribution in [3.05, 3.63) is 24.3 Å². The summed E-state index contributed by atoms with van der Waals surface area (Å²) < 4.78 is 24.2. The van der Waals surface area contributed by atoms with Gasteiger partial charge in [-0.15, -0.1) is 0 Å². The highest BCUT2D eigenvalue weighted by Gasteiger charge is 2.39. The van der Waals surface area contributed by atoms with Crippen LogP contribution < -0.4 is 10.5 Å². The molecule has 0 bridgehead atoms. The molecule has 2 atom stereocenters. The summed E-state index contributed by atoms with van der Waals surface area (Å²) in [5, 5.41) is 8.87. The summed E-state index contributed by atoms with van der Waals surface area (Å²) in [6.07, 6.45) is 6.57. The highest BCUT2D eigenvalue weighted by atomic mass is 32.2. The predicted octanol–water partition coefficient (Wildman–Crippen LogP) is -0.983. The van der Waals surface area contributed by atoms with Gasteiger partial charge < -0.3 is 10.8 Å². The van der Waals surface area contributed by atoms with Crippen molar-refractivity contribution in [2.24, 2.45) is 11.7 Å². The van der Waals surface area contributed by atoms with Crippen LogP contribution in [0, 0.1) is 5.92 Å². The van der Waals surface area contributed by atoms with Crippen molar-refractivity contribution in [2.75, 3.05) is 6.26 Å². The van der Waals surface area contributed by atoms with Gasteiger partial charge in [0.05, 0.1) is 6.26 Å². The molecule has 7 heteroatoms. The molecule has 0 aromatic rings. The smallest absolute Gasteiger partial charge is 0.314 e. The molecule has 84 valence electrons. The second kappa shape index (κ2) is 3.76. The topological polar surface area (TPSA) is 109 Å². The standard InChI is InChI=1S/C8H12N2O4S/c1-15(13,14)10-8(9)5-3-2-4-6(8)7(11)12/h2-6,10H,9H2,1H3,(H,11,12). The van der Waals surface area contributed by atoms with E-state index in [-0.39, 0.29) is 0 Å². The zero-order valence-corrected chi connectivity index (χ0v) is 8.86. The Labute approximate surface area is 87.5 Å². The molecule has 0 heterocycles. The number of carboxylic acids is 1. The van der Waals surface area contributed by atoms with E-state index in [4.69, 9.17) is 10.8 Å². The van der Waals surface area contributed by atoms with Gasteiger partial charge in [-0.25, -0.2) is 8.42 Å². The van der Waals surface area contributed by atoms with Crippen molar-refractivity contribution < 1.29 is 18.3 Å². The maximum atomic E-state index is 11.0. The van der Waals surface area contributed by atoms with Gasteiger partial charge in [0.1, 0.15) is 11.6 Å². The maximum absolute atomic E-state index is 11.0. The molecule has 0 saturated heterocycles. The summed E-state index contributed by atoms with van der Waals surface area (Å²) in [6.45, 7) is 0. The molecule has 1 rings (SSSR count). The van der Waals surface area contributed by atoms with E-state index in [1.165, 1.54) is 24.3 Å². The first-order chi connectivity index (χ1) is 6.75. The van der Waals surface area contributed by atoms with E-state index in [2.05, 4.69) is 4.72 Å². The summed E-state index contributed by atoms with van der Waals surface area (Å²) in [5.74, 6) is -2.30. The van der Waals surface area contributed by atoms with E-state index in [1.807, 2.05) is 0 Å². The average molecular weight is 232 g/mol. The number of hydrogen-bond acceptors (Lipinski definition) is 4. The minimum atomic E-state index is -3.57. The summed E-state index contributed by atoms with van der Waals surface area (Å²) in [6, 6.07) is 0. The average Bonchev–Trinajstić information content (AvgIpc) is 1.99. The molecule has 4 N–H and O–H groups in total. The van der Waals surface area contributed by atoms with Crippen molar-refractivity contribution in [3.8, 4) is 0 Å². The Hall–Kier alpha value is -1.18. The van der Waals surface area contributed by atoms with Crippen molar-refractivity contribution >= 4 is 16.0 Å². The summed E-state index contributed by atoms with van der Waals surface area (Å²) in [4.78, 5) is 10.9. The first-order valence-electron chi connectivity index (χ1n) is 4.11. The fourth-order valence-corrected chi connectivity index (χ4v) is 2.20. The molecule has 0 amide bonds. The Kier molecular flexibility index (Phi) is 2.98. The lowest BCUT2D eigenvalue weighted by Crippen LogP contribution is -2.61. The second-order valence-electron chi connectivity index (χ2n) is 3.37. The Morgan fingerprint density at radius 1 is 1.53 bits per heavy atom. The highest BCUT2D eigenvalue weighted by molar-refractivity contribution is 7.88. The van der Waals surface area contributed by atoms with Crippen LogP contribution >= 0.6 is 0 Å². The molecule has 15 heavy (non-hydrogen) atoms. The maximum Gasteiger partial charge on any atom is 0.314 e. The van der Waals surface area contributed by atoms with E-state index in [0.29, 0.717) is 0 Å². The monoisotopic (exact) mass is 232 g/mol. The third-order valence-electron chi connectivity index (χ3n) is 1.93. The van der Waals surface area contributed by atoms with Crippen LogP contribution in [0.3, 0.4) is 0 Å². The van der Waals surface area contributed by atoms with Crippen LogP contribution in [0.15, 0.2) is 24.3 Å². The van der Waals surface area contributed by atoms with Gasteiger partial charge in [-0.3, -0.25) is 4.79 Å². The van der Waals surface area contributed by atoms with E-state index < -0.39 is 27.6 Å². The molecule has 1 aliphatic rings. The van der Waals surface area contributed by atoms with Crippen molar-refractivity contribution in [1.82, 2.24) is 4.72 Å². The Bertz CT molecular complexity index is 426. The normalized spacial score (nSPS) is 30.4. The van der Waals surface area contributed by atoms with Crippen LogP contribution in [0.5, 0.6) is 0 Å². The molecule has 0 aromatic heterocycles. The first-order valence-corrected chi connectivity index (χ1v) is 6.00. The SMILES string of the molecule is CS(=O)(=O)NC1(N)C=CC=CC1C(=O)O. The van der Waals surface area contributed by atoms with Crippen LogP contribution in [-0.2, 0) is 14.8 Å². The summed E-state index contributed by atoms with van der Waals surface area (Å²) >= 11 is 0. The van der Waals surface area contributed by atoms with Crippen LogP contribution in [0.1, 0.15) is 0 Å². The van der Waals surface area contributed by atoms with Crippen LogP contribution in [-0.4, -0.2) is 31.4 Å². The van der Waals surface area contributed by atoms with E-state index >= 15 is 0 Å². The second-order valence-corrected chi connectivity index (χ2v) is 5.12. The third kappa shape index (κ3) is 2.88. The molecule has 6 nitrogen and oxygen atoms in total. The Balaban J connectivity index is 3.04. The fourth-order valence-electron chi connectivity index (χ4n) is 1.36. The number of nitrogens with one attached hydrogen (secondary N) is 1. The van der Waals surface area contributed by atoms with Gasteiger partial charge in [-0.05, 0) is 6.08 Å². The molecule has 2 unspecified atom stereocenters. The number of nitrogens with two attached hydrogens (primary N) is 1.